The summed E-state index contributed by atoms with van der Waals surface area (Å²) in [4.78, 5) is 0. The van der Waals surface area contributed by atoms with Crippen molar-refractivity contribution < 1.29 is 34.7 Å². The van der Waals surface area contributed by atoms with Crippen molar-refractivity contribution in [3.63, 3.8) is 0 Å². The summed E-state index contributed by atoms with van der Waals surface area (Å²) in [5.41, 5.74) is 29.4. The molecule has 0 fully saturated rings. The molecule has 4 aromatic heterocycles. The third-order valence-electron chi connectivity index (χ3n) is 17.0. The van der Waals surface area contributed by atoms with Crippen LogP contribution in [0.3, 0.4) is 0 Å². The van der Waals surface area contributed by atoms with Crippen LogP contribution in [0.2, 0.25) is 0 Å². The van der Waals surface area contributed by atoms with Crippen LogP contribution < -0.4 is 18.3 Å². The zero-order valence-corrected chi connectivity index (χ0v) is 54.7. The standard InChI is InChI=1S/2C22H24N.2C21H22N/c2*1-15-12-22(23(5)14-18(15)4)21-13-20(16(2)11-17(21)3)19-9-7-6-8-10-19;2*1-15-10-11-21(22(4)14-15)20-13-19(16(2)12-17(20)3)18-8-6-5-7-9-18/h2*6-14H,1-5H3;2*5-14H,1-4H3/q4*+1/i2D3,4D3;;1D3,2D3;. The Morgan fingerprint density at radius 3 is 0.833 bits per heavy atom. The highest BCUT2D eigenvalue weighted by atomic mass is 14.9. The van der Waals surface area contributed by atoms with Gasteiger partial charge >= 0.3 is 0 Å². The minimum atomic E-state index is -2.24. The molecule has 0 aliphatic heterocycles. The lowest BCUT2D eigenvalue weighted by molar-refractivity contribution is -0.660. The van der Waals surface area contributed by atoms with Gasteiger partial charge in [-0.1, -0.05) is 146 Å². The smallest absolute Gasteiger partial charge is 0.201 e. The van der Waals surface area contributed by atoms with Gasteiger partial charge in [-0.15, -0.1) is 0 Å². The number of hydrogen-bond acceptors (Lipinski definition) is 0. The lowest BCUT2D eigenvalue weighted by atomic mass is 9.93. The Morgan fingerprint density at radius 1 is 0.211 bits per heavy atom. The van der Waals surface area contributed by atoms with Gasteiger partial charge in [0.2, 0.25) is 22.8 Å². The van der Waals surface area contributed by atoms with E-state index in [4.69, 9.17) is 16.4 Å². The van der Waals surface area contributed by atoms with Crippen molar-refractivity contribution in [1.82, 2.24) is 0 Å². The number of nitrogens with zero attached hydrogens (tertiary/aromatic N) is 4. The van der Waals surface area contributed by atoms with Crippen molar-refractivity contribution in [3.05, 3.63) is 309 Å². The van der Waals surface area contributed by atoms with Gasteiger partial charge in [-0.2, -0.15) is 0 Å². The van der Waals surface area contributed by atoms with Crippen LogP contribution in [0.5, 0.6) is 0 Å². The van der Waals surface area contributed by atoms with Crippen LogP contribution in [0.4, 0.5) is 0 Å². The molecule has 0 unspecified atom stereocenters. The van der Waals surface area contributed by atoms with E-state index in [9.17, 15) is 0 Å². The van der Waals surface area contributed by atoms with Crippen molar-refractivity contribution in [2.45, 2.75) is 96.6 Å². The second-order valence-electron chi connectivity index (χ2n) is 24.0. The maximum Gasteiger partial charge on any atom is 0.212 e. The van der Waals surface area contributed by atoms with E-state index in [0.717, 1.165) is 44.8 Å². The minimum Gasteiger partial charge on any atom is -0.201 e. The summed E-state index contributed by atoms with van der Waals surface area (Å²) in [6, 6.07) is 68.5. The van der Waals surface area contributed by atoms with E-state index in [0.29, 0.717) is 33.4 Å². The van der Waals surface area contributed by atoms with Crippen molar-refractivity contribution in [2.75, 3.05) is 0 Å². The molecule has 0 aliphatic carbocycles. The van der Waals surface area contributed by atoms with Crippen LogP contribution >= 0.6 is 0 Å². The lowest BCUT2D eigenvalue weighted by Crippen LogP contribution is -2.31. The normalized spacial score (nSPS) is 13.3. The Morgan fingerprint density at radius 2 is 0.489 bits per heavy atom. The van der Waals surface area contributed by atoms with Gasteiger partial charge in [0.25, 0.3) is 0 Å². The molecule has 0 amide bonds. The predicted octanol–water partition coefficient (Wildman–Crippen LogP) is 19.7. The van der Waals surface area contributed by atoms with Gasteiger partial charge in [0.05, 0.1) is 0 Å². The first-order valence-corrected chi connectivity index (χ1v) is 30.6. The molecule has 452 valence electrons. The Balaban J connectivity index is 0.000000159. The average Bonchev–Trinajstić information content (AvgIpc) is 0.775. The number of benzene rings is 8. The van der Waals surface area contributed by atoms with E-state index in [2.05, 4.69) is 187 Å². The van der Waals surface area contributed by atoms with Gasteiger partial charge in [0.15, 0.2) is 24.8 Å². The Kier molecular flexibility index (Phi) is 16.0. The molecule has 0 saturated heterocycles. The van der Waals surface area contributed by atoms with Crippen molar-refractivity contribution in [3.8, 4) is 89.5 Å². The Hall–Kier alpha value is -9.64. The maximum absolute atomic E-state index is 7.97. The van der Waals surface area contributed by atoms with Gasteiger partial charge in [-0.05, 0) is 233 Å². The summed E-state index contributed by atoms with van der Waals surface area (Å²) < 4.78 is 102. The quantitative estimate of drug-likeness (QED) is 0.135. The molecular weight excluding hydrogens is 1090 g/mol. The molecule has 12 rings (SSSR count). The van der Waals surface area contributed by atoms with Crippen LogP contribution in [-0.2, 0) is 28.2 Å². The molecule has 4 heteroatoms. The van der Waals surface area contributed by atoms with E-state index >= 15 is 0 Å². The van der Waals surface area contributed by atoms with Crippen LogP contribution in [0.1, 0.15) is 94.3 Å². The molecule has 90 heavy (non-hydrogen) atoms. The fourth-order valence-corrected chi connectivity index (χ4v) is 11.9. The average molecular weight is 1190 g/mol. The molecule has 12 aromatic rings. The molecule has 4 heterocycles. The van der Waals surface area contributed by atoms with Gasteiger partial charge in [-0.25, -0.2) is 18.3 Å². The number of hydrogen-bond donors (Lipinski definition) is 0. The molecule has 0 saturated carbocycles. The summed E-state index contributed by atoms with van der Waals surface area (Å²) >= 11 is 0. The van der Waals surface area contributed by atoms with Crippen LogP contribution in [0, 0.1) is 96.6 Å². The number of pyridine rings is 4. The fraction of sp³-hybridized carbons (Fsp3) is 0.209. The third kappa shape index (κ3) is 15.1. The lowest BCUT2D eigenvalue weighted by Gasteiger charge is -2.12. The predicted molar refractivity (Wildman–Crippen MR) is 380 cm³/mol. The van der Waals surface area contributed by atoms with Crippen molar-refractivity contribution >= 4 is 0 Å². The first-order chi connectivity index (χ1) is 47.9. The zero-order chi connectivity index (χ0) is 74.5. The first-order valence-electron chi connectivity index (χ1n) is 36.6. The molecule has 4 nitrogen and oxygen atoms in total. The van der Waals surface area contributed by atoms with Crippen LogP contribution in [-0.4, -0.2) is 0 Å². The number of aromatic nitrogens is 4. The van der Waals surface area contributed by atoms with Crippen molar-refractivity contribution in [1.29, 1.82) is 0 Å². The highest BCUT2D eigenvalue weighted by molar-refractivity contribution is 5.79. The summed E-state index contributed by atoms with van der Waals surface area (Å²) in [7, 11) is 7.85. The van der Waals surface area contributed by atoms with E-state index in [-0.39, 0.29) is 5.56 Å². The van der Waals surface area contributed by atoms with Gasteiger partial charge in [0, 0.05) is 85.2 Å². The monoisotopic (exact) mass is 1190 g/mol. The molecule has 0 aliphatic rings. The van der Waals surface area contributed by atoms with Gasteiger partial charge < -0.3 is 0 Å². The summed E-state index contributed by atoms with van der Waals surface area (Å²) in [5, 5.41) is 0. The summed E-state index contributed by atoms with van der Waals surface area (Å²) in [6.07, 6.45) is 7.63. The molecule has 0 radical (unpaired) electrons. The van der Waals surface area contributed by atoms with E-state index in [1.54, 1.807) is 59.8 Å². The van der Waals surface area contributed by atoms with E-state index < -0.39 is 27.4 Å². The van der Waals surface area contributed by atoms with Gasteiger partial charge in [-0.3, -0.25) is 0 Å². The highest BCUT2D eigenvalue weighted by Gasteiger charge is 2.21. The molecule has 0 bridgehead atoms. The second-order valence-corrected chi connectivity index (χ2v) is 24.0. The Labute approximate surface area is 555 Å². The topological polar surface area (TPSA) is 15.5 Å². The number of rotatable bonds is 8. The highest BCUT2D eigenvalue weighted by Crippen LogP contribution is 2.36. The fourth-order valence-electron chi connectivity index (χ4n) is 11.9. The first kappa shape index (κ1) is 50.2. The SMILES string of the molecule is Cc1cc(-c2cc(-c3ccccc3)c(C)cc2C)[n+](C)cc1C.Cc1ccc(-c2cc(-c3ccccc3)c(C)cc2C)[n+](C)c1.[2H]C([2H])([2H])c1c[n+](C)c(-c2cc(-c3ccccc3)c(C([2H])([2H])[2H])cc2C)cc1C.[2H]C([2H])([2H])c1ccc(-c2cc(-c3ccccc3)c(C([2H])([2H])[2H])cc2C)[n+](C)c1. The Bertz CT molecular complexity index is 5000. The minimum absolute atomic E-state index is 0.263. The molecule has 0 spiro atoms. The van der Waals surface area contributed by atoms with Crippen LogP contribution in [0.25, 0.3) is 89.5 Å². The van der Waals surface area contributed by atoms with E-state index in [1.165, 1.54) is 83.7 Å². The van der Waals surface area contributed by atoms with Crippen LogP contribution in [0.15, 0.2) is 231 Å². The molecule has 8 aromatic carbocycles. The molecular formula is C86H92N4+4. The second kappa shape index (κ2) is 28.7. The summed E-state index contributed by atoms with van der Waals surface area (Å²) in [6.45, 7) is 12.0. The number of aryl methyl sites for hydroxylation is 18. The molecule has 0 N–H and O–H groups in total. The maximum atomic E-state index is 7.97. The summed E-state index contributed by atoms with van der Waals surface area (Å²) in [5.74, 6) is 0. The van der Waals surface area contributed by atoms with E-state index in [1.807, 2.05) is 99.8 Å². The third-order valence-corrected chi connectivity index (χ3v) is 17.0. The van der Waals surface area contributed by atoms with Gasteiger partial charge in [0.1, 0.15) is 28.2 Å². The largest absolute Gasteiger partial charge is 0.212 e. The zero-order valence-electron chi connectivity index (χ0n) is 66.7. The van der Waals surface area contributed by atoms with Crippen molar-refractivity contribution in [2.24, 2.45) is 28.2 Å². The molecule has 0 atom stereocenters.